The lowest BCUT2D eigenvalue weighted by molar-refractivity contribution is -0.137. The number of rotatable bonds is 5. The monoisotopic (exact) mass is 282 g/mol. The quantitative estimate of drug-likeness (QED) is 0.902. The van der Waals surface area contributed by atoms with E-state index >= 15 is 0 Å². The van der Waals surface area contributed by atoms with E-state index in [1.54, 1.807) is 11.3 Å². The van der Waals surface area contributed by atoms with Crippen molar-refractivity contribution in [3.05, 3.63) is 15.6 Å². The third-order valence-electron chi connectivity index (χ3n) is 3.97. The van der Waals surface area contributed by atoms with Crippen molar-refractivity contribution < 1.29 is 9.90 Å². The summed E-state index contributed by atoms with van der Waals surface area (Å²) >= 11 is 1.76. The molecule has 0 radical (unpaired) electrons. The first-order valence-corrected chi connectivity index (χ1v) is 7.68. The lowest BCUT2D eigenvalue weighted by Gasteiger charge is -2.23. The number of carbonyl (C=O) groups is 1. The zero-order chi connectivity index (χ0) is 14.0. The Morgan fingerprint density at radius 1 is 1.58 bits per heavy atom. The van der Waals surface area contributed by atoms with Crippen molar-refractivity contribution in [1.82, 2.24) is 9.88 Å². The molecule has 0 aliphatic carbocycles. The van der Waals surface area contributed by atoms with Gasteiger partial charge in [0.05, 0.1) is 16.7 Å². The van der Waals surface area contributed by atoms with E-state index in [1.807, 2.05) is 6.92 Å². The minimum Gasteiger partial charge on any atom is -0.481 e. The fourth-order valence-electron chi connectivity index (χ4n) is 2.88. The van der Waals surface area contributed by atoms with Crippen molar-refractivity contribution in [1.29, 1.82) is 0 Å². The summed E-state index contributed by atoms with van der Waals surface area (Å²) in [6, 6.07) is 0.347. The average Bonchev–Trinajstić information content (AvgIpc) is 2.92. The molecule has 19 heavy (non-hydrogen) atoms. The number of likely N-dealkylation sites (tertiary alicyclic amines) is 1. The topological polar surface area (TPSA) is 53.4 Å². The van der Waals surface area contributed by atoms with Crippen LogP contribution >= 0.6 is 11.3 Å². The first kappa shape index (κ1) is 14.5. The Labute approximate surface area is 118 Å². The first-order chi connectivity index (χ1) is 8.97. The fraction of sp³-hybridized carbons (Fsp3) is 0.714. The van der Waals surface area contributed by atoms with E-state index in [4.69, 9.17) is 5.11 Å². The highest BCUT2D eigenvalue weighted by Gasteiger charge is 2.28. The van der Waals surface area contributed by atoms with Gasteiger partial charge in [0, 0.05) is 17.8 Å². The van der Waals surface area contributed by atoms with E-state index in [1.165, 1.54) is 10.6 Å². The van der Waals surface area contributed by atoms with Gasteiger partial charge in [-0.05, 0) is 46.1 Å². The molecule has 1 saturated heterocycles. The van der Waals surface area contributed by atoms with Gasteiger partial charge in [0.25, 0.3) is 0 Å². The smallest absolute Gasteiger partial charge is 0.303 e. The van der Waals surface area contributed by atoms with Crippen LogP contribution in [-0.4, -0.2) is 34.0 Å². The Morgan fingerprint density at radius 3 is 2.89 bits per heavy atom. The molecule has 2 rings (SSSR count). The molecule has 1 N–H and O–H groups in total. The van der Waals surface area contributed by atoms with Gasteiger partial charge in [0.15, 0.2) is 0 Å². The van der Waals surface area contributed by atoms with E-state index in [-0.39, 0.29) is 0 Å². The molecule has 1 fully saturated rings. The second-order valence-corrected chi connectivity index (χ2v) is 6.84. The molecule has 0 bridgehead atoms. The predicted molar refractivity (Wildman–Crippen MR) is 76.6 cm³/mol. The summed E-state index contributed by atoms with van der Waals surface area (Å²) in [5, 5.41) is 9.87. The fourth-order valence-corrected chi connectivity index (χ4v) is 3.79. The highest BCUT2D eigenvalue weighted by atomic mass is 32.1. The molecule has 1 aliphatic heterocycles. The van der Waals surface area contributed by atoms with Crippen LogP contribution in [0.4, 0.5) is 0 Å². The van der Waals surface area contributed by atoms with Crippen LogP contribution < -0.4 is 0 Å². The van der Waals surface area contributed by atoms with Crippen molar-refractivity contribution in [2.24, 2.45) is 5.92 Å². The maximum atomic E-state index is 10.6. The van der Waals surface area contributed by atoms with Crippen molar-refractivity contribution in [2.45, 2.75) is 46.1 Å². The predicted octanol–water partition coefficient (Wildman–Crippen LogP) is 3.01. The SMILES string of the molecule is Cc1nc(C(C)N2CCC(CCC(=O)O)C2)c(C)s1. The van der Waals surface area contributed by atoms with E-state index in [2.05, 4.69) is 23.7 Å². The van der Waals surface area contributed by atoms with E-state index in [9.17, 15) is 4.79 Å². The van der Waals surface area contributed by atoms with Crippen LogP contribution in [0.5, 0.6) is 0 Å². The Kier molecular flexibility index (Phi) is 4.58. The second-order valence-electron chi connectivity index (χ2n) is 5.43. The Bertz CT molecular complexity index is 458. The van der Waals surface area contributed by atoms with Gasteiger partial charge >= 0.3 is 5.97 Å². The van der Waals surface area contributed by atoms with Crippen LogP contribution in [-0.2, 0) is 4.79 Å². The molecule has 2 heterocycles. The summed E-state index contributed by atoms with van der Waals surface area (Å²) in [6.45, 7) is 8.45. The van der Waals surface area contributed by atoms with Gasteiger partial charge in [0.2, 0.25) is 0 Å². The molecule has 0 saturated carbocycles. The largest absolute Gasteiger partial charge is 0.481 e. The van der Waals surface area contributed by atoms with Gasteiger partial charge in [0.1, 0.15) is 0 Å². The van der Waals surface area contributed by atoms with E-state index in [0.29, 0.717) is 18.4 Å². The Balaban J connectivity index is 1.93. The third-order valence-corrected chi connectivity index (χ3v) is 4.87. The molecule has 1 aromatic rings. The van der Waals surface area contributed by atoms with Crippen LogP contribution in [0.2, 0.25) is 0 Å². The van der Waals surface area contributed by atoms with Gasteiger partial charge in [-0.1, -0.05) is 0 Å². The minimum absolute atomic E-state index is 0.293. The van der Waals surface area contributed by atoms with Crippen LogP contribution in [0, 0.1) is 19.8 Å². The molecule has 2 unspecified atom stereocenters. The van der Waals surface area contributed by atoms with Crippen LogP contribution in [0.25, 0.3) is 0 Å². The Morgan fingerprint density at radius 2 is 2.32 bits per heavy atom. The van der Waals surface area contributed by atoms with Crippen molar-refractivity contribution in [3.63, 3.8) is 0 Å². The lowest BCUT2D eigenvalue weighted by Crippen LogP contribution is -2.25. The van der Waals surface area contributed by atoms with Gasteiger partial charge in [-0.25, -0.2) is 4.98 Å². The zero-order valence-corrected chi connectivity index (χ0v) is 12.7. The highest BCUT2D eigenvalue weighted by molar-refractivity contribution is 7.11. The number of thiazole rings is 1. The average molecular weight is 282 g/mol. The number of carboxylic acids is 1. The van der Waals surface area contributed by atoms with E-state index < -0.39 is 5.97 Å². The number of carboxylic acid groups (broad SMARTS) is 1. The molecule has 4 nitrogen and oxygen atoms in total. The van der Waals surface area contributed by atoms with Crippen LogP contribution in [0.1, 0.15) is 47.8 Å². The highest BCUT2D eigenvalue weighted by Crippen LogP contribution is 2.32. The number of aromatic nitrogens is 1. The van der Waals surface area contributed by atoms with Crippen molar-refractivity contribution >= 4 is 17.3 Å². The molecule has 5 heteroatoms. The standard InChI is InChI=1S/C14H22N2O2S/c1-9(14-10(2)19-11(3)15-14)16-7-6-12(8-16)4-5-13(17)18/h9,12H,4-8H2,1-3H3,(H,17,18). The van der Waals surface area contributed by atoms with Crippen LogP contribution in [0.3, 0.4) is 0 Å². The molecule has 1 aromatic heterocycles. The summed E-state index contributed by atoms with van der Waals surface area (Å²) in [6.07, 6.45) is 2.20. The summed E-state index contributed by atoms with van der Waals surface area (Å²) in [5.74, 6) is -0.156. The lowest BCUT2D eigenvalue weighted by atomic mass is 10.0. The minimum atomic E-state index is -0.683. The number of aryl methyl sites for hydroxylation is 2. The molecular weight excluding hydrogens is 260 g/mol. The van der Waals surface area contributed by atoms with Gasteiger partial charge in [-0.15, -0.1) is 11.3 Å². The number of hydrogen-bond donors (Lipinski definition) is 1. The molecule has 1 aliphatic rings. The van der Waals surface area contributed by atoms with Gasteiger partial charge < -0.3 is 5.11 Å². The third kappa shape index (κ3) is 3.54. The summed E-state index contributed by atoms with van der Waals surface area (Å²) in [4.78, 5) is 19.0. The van der Waals surface area contributed by atoms with E-state index in [0.717, 1.165) is 30.9 Å². The van der Waals surface area contributed by atoms with Gasteiger partial charge in [-0.2, -0.15) is 0 Å². The molecule has 0 amide bonds. The summed E-state index contributed by atoms with van der Waals surface area (Å²) in [7, 11) is 0. The maximum Gasteiger partial charge on any atom is 0.303 e. The zero-order valence-electron chi connectivity index (χ0n) is 11.8. The Hall–Kier alpha value is -0.940. The maximum absolute atomic E-state index is 10.6. The van der Waals surface area contributed by atoms with Crippen molar-refractivity contribution in [3.8, 4) is 0 Å². The van der Waals surface area contributed by atoms with Crippen molar-refractivity contribution in [2.75, 3.05) is 13.1 Å². The normalized spacial score (nSPS) is 21.7. The van der Waals surface area contributed by atoms with Crippen LogP contribution in [0.15, 0.2) is 0 Å². The van der Waals surface area contributed by atoms with Gasteiger partial charge in [-0.3, -0.25) is 9.69 Å². The molecule has 2 atom stereocenters. The second kappa shape index (κ2) is 6.01. The molecular formula is C14H22N2O2S. The first-order valence-electron chi connectivity index (χ1n) is 6.87. The summed E-state index contributed by atoms with van der Waals surface area (Å²) < 4.78 is 0. The molecule has 0 aromatic carbocycles. The summed E-state index contributed by atoms with van der Waals surface area (Å²) in [5.41, 5.74) is 1.20. The number of hydrogen-bond acceptors (Lipinski definition) is 4. The molecule has 0 spiro atoms. The molecule has 106 valence electrons. The number of nitrogens with zero attached hydrogens (tertiary/aromatic N) is 2. The number of aliphatic carboxylic acids is 1.